The van der Waals surface area contributed by atoms with Crippen LogP contribution in [-0.2, 0) is 14.3 Å². The van der Waals surface area contributed by atoms with E-state index in [2.05, 4.69) is 10.1 Å². The highest BCUT2D eigenvalue weighted by Crippen LogP contribution is 2.18. The summed E-state index contributed by atoms with van der Waals surface area (Å²) < 4.78 is 17.8. The minimum atomic E-state index is -0.598. The number of rotatable bonds is 6. The largest absolute Gasteiger partial charge is 0.469 e. The normalized spacial score (nSPS) is 12.0. The Morgan fingerprint density at radius 3 is 2.46 bits per heavy atom. The molecule has 5 heteroatoms. The summed E-state index contributed by atoms with van der Waals surface area (Å²) in [7, 11) is 1.28. The second-order valence-electron chi connectivity index (χ2n) is 6.09. The highest BCUT2D eigenvalue weighted by molar-refractivity contribution is 5.92. The highest BCUT2D eigenvalue weighted by Gasteiger charge is 2.18. The first-order chi connectivity index (χ1) is 12.4. The molecule has 0 fully saturated rings. The fraction of sp³-hybridized carbons (Fsp3) is 0.238. The van der Waals surface area contributed by atoms with Gasteiger partial charge in [-0.3, -0.25) is 9.59 Å². The van der Waals surface area contributed by atoms with Crippen LogP contribution < -0.4 is 5.32 Å². The molecule has 26 heavy (non-hydrogen) atoms. The Morgan fingerprint density at radius 1 is 1.15 bits per heavy atom. The molecule has 0 aliphatic rings. The van der Waals surface area contributed by atoms with Gasteiger partial charge in [0.2, 0.25) is 5.91 Å². The van der Waals surface area contributed by atoms with Gasteiger partial charge in [-0.2, -0.15) is 0 Å². The molecule has 2 rings (SSSR count). The first kappa shape index (κ1) is 19.4. The standard InChI is InChI=1S/C21H22FNO3/c1-14-4-5-16(15(2)12-14)8-11-20(24)23-19(13-21(25)26-3)17-6-9-18(22)10-7-17/h4-12,19H,13H2,1-3H3,(H,23,24)/b11-8+. The van der Waals surface area contributed by atoms with E-state index in [1.54, 1.807) is 6.08 Å². The number of benzene rings is 2. The van der Waals surface area contributed by atoms with Crippen molar-refractivity contribution in [2.75, 3.05) is 7.11 Å². The predicted octanol–water partition coefficient (Wildman–Crippen LogP) is 3.88. The number of carbonyl (C=O) groups is 2. The van der Waals surface area contributed by atoms with Gasteiger partial charge >= 0.3 is 5.97 Å². The van der Waals surface area contributed by atoms with Crippen LogP contribution in [0.3, 0.4) is 0 Å². The molecule has 136 valence electrons. The molecule has 2 aromatic carbocycles. The van der Waals surface area contributed by atoms with Crippen molar-refractivity contribution in [3.63, 3.8) is 0 Å². The number of amides is 1. The van der Waals surface area contributed by atoms with Crippen molar-refractivity contribution in [1.82, 2.24) is 5.32 Å². The van der Waals surface area contributed by atoms with Gasteiger partial charge in [0.05, 0.1) is 19.6 Å². The Balaban J connectivity index is 2.13. The zero-order valence-electron chi connectivity index (χ0n) is 15.1. The lowest BCUT2D eigenvalue weighted by atomic mass is 10.0. The quantitative estimate of drug-likeness (QED) is 0.632. The van der Waals surface area contributed by atoms with Gasteiger partial charge < -0.3 is 10.1 Å². The van der Waals surface area contributed by atoms with E-state index in [-0.39, 0.29) is 18.1 Å². The monoisotopic (exact) mass is 355 g/mol. The number of ether oxygens (including phenoxy) is 1. The van der Waals surface area contributed by atoms with Gasteiger partial charge in [0.25, 0.3) is 0 Å². The molecule has 1 N–H and O–H groups in total. The van der Waals surface area contributed by atoms with Crippen molar-refractivity contribution in [3.05, 3.63) is 76.6 Å². The minimum absolute atomic E-state index is 0.0364. The first-order valence-corrected chi connectivity index (χ1v) is 8.27. The lowest BCUT2D eigenvalue weighted by Crippen LogP contribution is -2.29. The van der Waals surface area contributed by atoms with Crippen molar-refractivity contribution in [2.24, 2.45) is 0 Å². The van der Waals surface area contributed by atoms with Gasteiger partial charge in [-0.15, -0.1) is 0 Å². The molecule has 0 heterocycles. The Morgan fingerprint density at radius 2 is 1.85 bits per heavy atom. The van der Waals surface area contributed by atoms with Crippen LogP contribution in [0.1, 0.15) is 34.7 Å². The molecule has 1 amide bonds. The fourth-order valence-corrected chi connectivity index (χ4v) is 2.60. The number of halogens is 1. The fourth-order valence-electron chi connectivity index (χ4n) is 2.60. The van der Waals surface area contributed by atoms with Crippen LogP contribution in [0.4, 0.5) is 4.39 Å². The van der Waals surface area contributed by atoms with Crippen molar-refractivity contribution < 1.29 is 18.7 Å². The molecular weight excluding hydrogens is 333 g/mol. The third-order valence-corrected chi connectivity index (χ3v) is 4.03. The Kier molecular flexibility index (Phi) is 6.67. The molecule has 0 aliphatic carbocycles. The molecule has 2 aromatic rings. The average Bonchev–Trinajstić information content (AvgIpc) is 2.61. The van der Waals surface area contributed by atoms with E-state index in [0.29, 0.717) is 5.56 Å². The number of methoxy groups -OCH3 is 1. The molecule has 0 aromatic heterocycles. The summed E-state index contributed by atoms with van der Waals surface area (Å²) in [5, 5.41) is 2.77. The van der Waals surface area contributed by atoms with Crippen LogP contribution in [0.2, 0.25) is 0 Å². The second kappa shape index (κ2) is 8.94. The van der Waals surface area contributed by atoms with Gasteiger partial charge in [-0.05, 0) is 48.7 Å². The van der Waals surface area contributed by atoms with Gasteiger partial charge in [-0.25, -0.2) is 4.39 Å². The molecule has 0 saturated heterocycles. The van der Waals surface area contributed by atoms with Crippen LogP contribution >= 0.6 is 0 Å². The van der Waals surface area contributed by atoms with Crippen LogP contribution in [-0.4, -0.2) is 19.0 Å². The number of hydrogen-bond acceptors (Lipinski definition) is 3. The maximum atomic E-state index is 13.1. The molecule has 4 nitrogen and oxygen atoms in total. The molecule has 1 atom stereocenters. The number of esters is 1. The predicted molar refractivity (Wildman–Crippen MR) is 98.9 cm³/mol. The van der Waals surface area contributed by atoms with Crippen molar-refractivity contribution in [1.29, 1.82) is 0 Å². The summed E-state index contributed by atoms with van der Waals surface area (Å²) in [6.45, 7) is 3.98. The highest BCUT2D eigenvalue weighted by atomic mass is 19.1. The maximum Gasteiger partial charge on any atom is 0.307 e. The van der Waals surface area contributed by atoms with Gasteiger partial charge in [0.1, 0.15) is 5.82 Å². The van der Waals surface area contributed by atoms with Gasteiger partial charge in [0.15, 0.2) is 0 Å². The number of nitrogens with one attached hydrogen (secondary N) is 1. The van der Waals surface area contributed by atoms with Crippen LogP contribution in [0.15, 0.2) is 48.5 Å². The van der Waals surface area contributed by atoms with Crippen molar-refractivity contribution in [3.8, 4) is 0 Å². The summed E-state index contributed by atoms with van der Waals surface area (Å²) in [6, 6.07) is 11.0. The smallest absolute Gasteiger partial charge is 0.307 e. The second-order valence-corrected chi connectivity index (χ2v) is 6.09. The Labute approximate surface area is 152 Å². The zero-order valence-corrected chi connectivity index (χ0v) is 15.1. The Hall–Kier alpha value is -2.95. The number of aryl methyl sites for hydroxylation is 2. The van der Waals surface area contributed by atoms with E-state index in [4.69, 9.17) is 0 Å². The minimum Gasteiger partial charge on any atom is -0.469 e. The van der Waals surface area contributed by atoms with Crippen LogP contribution in [0.5, 0.6) is 0 Å². The van der Waals surface area contributed by atoms with Crippen molar-refractivity contribution in [2.45, 2.75) is 26.3 Å². The van der Waals surface area contributed by atoms with E-state index in [1.165, 1.54) is 37.5 Å². The van der Waals surface area contributed by atoms with E-state index < -0.39 is 12.0 Å². The van der Waals surface area contributed by atoms with Crippen LogP contribution in [0, 0.1) is 19.7 Å². The topological polar surface area (TPSA) is 55.4 Å². The van der Waals surface area contributed by atoms with E-state index >= 15 is 0 Å². The lowest BCUT2D eigenvalue weighted by molar-refractivity contribution is -0.141. The lowest BCUT2D eigenvalue weighted by Gasteiger charge is -2.17. The molecule has 0 saturated carbocycles. The third kappa shape index (κ3) is 5.55. The van der Waals surface area contributed by atoms with Crippen molar-refractivity contribution >= 4 is 18.0 Å². The van der Waals surface area contributed by atoms with E-state index in [9.17, 15) is 14.0 Å². The summed E-state index contributed by atoms with van der Waals surface area (Å²) in [5.74, 6) is -1.19. The van der Waals surface area contributed by atoms with Crippen LogP contribution in [0.25, 0.3) is 6.08 Å². The summed E-state index contributed by atoms with van der Waals surface area (Å²) >= 11 is 0. The van der Waals surface area contributed by atoms with Gasteiger partial charge in [-0.1, -0.05) is 35.9 Å². The number of hydrogen-bond donors (Lipinski definition) is 1. The zero-order chi connectivity index (χ0) is 19.1. The molecule has 0 radical (unpaired) electrons. The summed E-state index contributed by atoms with van der Waals surface area (Å²) in [4.78, 5) is 23.9. The molecule has 1 unspecified atom stereocenters. The van der Waals surface area contributed by atoms with E-state index in [0.717, 1.165) is 16.7 Å². The number of carbonyl (C=O) groups excluding carboxylic acids is 2. The molecule has 0 spiro atoms. The van der Waals surface area contributed by atoms with E-state index in [1.807, 2.05) is 32.0 Å². The molecular formula is C21H22FNO3. The Bertz CT molecular complexity index is 813. The average molecular weight is 355 g/mol. The van der Waals surface area contributed by atoms with Gasteiger partial charge in [0, 0.05) is 6.08 Å². The SMILES string of the molecule is COC(=O)CC(NC(=O)/C=C/c1ccc(C)cc1C)c1ccc(F)cc1. The maximum absolute atomic E-state index is 13.1. The summed E-state index contributed by atoms with van der Waals surface area (Å²) in [5.41, 5.74) is 3.79. The molecule has 0 aliphatic heterocycles. The third-order valence-electron chi connectivity index (χ3n) is 4.03. The molecule has 0 bridgehead atoms. The summed E-state index contributed by atoms with van der Waals surface area (Å²) in [6.07, 6.45) is 3.11. The first-order valence-electron chi connectivity index (χ1n) is 8.27.